The molecule has 1 aromatic heterocycles. The van der Waals surface area contributed by atoms with Crippen LogP contribution in [0.25, 0.3) is 0 Å². The van der Waals surface area contributed by atoms with Crippen LogP contribution < -0.4 is 10.6 Å². The van der Waals surface area contributed by atoms with Crippen molar-refractivity contribution in [2.75, 3.05) is 10.6 Å². The van der Waals surface area contributed by atoms with Gasteiger partial charge in [0.15, 0.2) is 5.13 Å². The molecule has 2 rings (SSSR count). The Morgan fingerprint density at radius 1 is 1.35 bits per heavy atom. The number of amides is 2. The zero-order valence-corrected chi connectivity index (χ0v) is 11.9. The summed E-state index contributed by atoms with van der Waals surface area (Å²) in [4.78, 5) is 27.8. The van der Waals surface area contributed by atoms with Gasteiger partial charge in [0.05, 0.1) is 11.3 Å². The highest BCUT2D eigenvalue weighted by molar-refractivity contribution is 7.15. The molecule has 1 aromatic carbocycles. The lowest BCUT2D eigenvalue weighted by Crippen LogP contribution is -2.20. The zero-order valence-electron chi connectivity index (χ0n) is 10.3. The molecule has 0 aliphatic heterocycles. The molecule has 2 amide bonds. The summed E-state index contributed by atoms with van der Waals surface area (Å²) in [6.45, 7) is 1.86. The Morgan fingerprint density at radius 2 is 2.10 bits per heavy atom. The highest BCUT2D eigenvalue weighted by atomic mass is 35.5. The lowest BCUT2D eigenvalue weighted by atomic mass is 10.2. The quantitative estimate of drug-likeness (QED) is 0.809. The molecule has 0 unspecified atom stereocenters. The van der Waals surface area contributed by atoms with Gasteiger partial charge < -0.3 is 10.4 Å². The fourth-order valence-corrected chi connectivity index (χ4v) is 2.30. The Morgan fingerprint density at radius 3 is 2.70 bits per heavy atom. The van der Waals surface area contributed by atoms with Crippen LogP contribution in [0.2, 0.25) is 5.02 Å². The number of rotatable bonds is 3. The fraction of sp³-hybridized carbons (Fsp3) is 0.0833. The molecule has 0 spiro atoms. The maximum atomic E-state index is 11.8. The summed E-state index contributed by atoms with van der Waals surface area (Å²) in [5, 5.41) is 14.8. The minimum atomic E-state index is -1.15. The first-order chi connectivity index (χ1) is 9.45. The first kappa shape index (κ1) is 14.3. The second-order valence-electron chi connectivity index (χ2n) is 3.85. The molecule has 0 saturated heterocycles. The summed E-state index contributed by atoms with van der Waals surface area (Å²) in [5.41, 5.74) is 0.0793. The maximum Gasteiger partial charge on any atom is 0.337 e. The van der Waals surface area contributed by atoms with Gasteiger partial charge in [-0.1, -0.05) is 11.6 Å². The van der Waals surface area contributed by atoms with Crippen molar-refractivity contribution in [3.63, 3.8) is 0 Å². The average molecular weight is 312 g/mol. The number of nitrogens with one attached hydrogen (secondary N) is 2. The Hall–Kier alpha value is -2.12. The van der Waals surface area contributed by atoms with Crippen LogP contribution in [0.5, 0.6) is 0 Å². The largest absolute Gasteiger partial charge is 0.478 e. The molecule has 0 saturated carbocycles. The number of aryl methyl sites for hydroxylation is 1. The van der Waals surface area contributed by atoms with Crippen molar-refractivity contribution in [2.45, 2.75) is 6.92 Å². The van der Waals surface area contributed by atoms with Crippen LogP contribution >= 0.6 is 22.9 Å². The number of thiazole rings is 1. The van der Waals surface area contributed by atoms with Crippen molar-refractivity contribution >= 4 is 45.8 Å². The second-order valence-corrected chi connectivity index (χ2v) is 5.52. The standard InChI is InChI=1S/C12H10ClN3O3S/c1-6-5-14-12(20-6)16-11(19)15-9-4-7(13)2-3-8(9)10(17)18/h2-5H,1H3,(H,17,18)(H2,14,15,16,19). The van der Waals surface area contributed by atoms with Gasteiger partial charge in [-0.3, -0.25) is 5.32 Å². The molecular weight excluding hydrogens is 302 g/mol. The van der Waals surface area contributed by atoms with E-state index < -0.39 is 12.0 Å². The average Bonchev–Trinajstić information content (AvgIpc) is 2.74. The van der Waals surface area contributed by atoms with Gasteiger partial charge in [-0.05, 0) is 25.1 Å². The number of carbonyl (C=O) groups is 2. The molecule has 0 radical (unpaired) electrons. The fourth-order valence-electron chi connectivity index (χ4n) is 1.47. The van der Waals surface area contributed by atoms with E-state index in [0.29, 0.717) is 10.2 Å². The van der Waals surface area contributed by atoms with E-state index in [9.17, 15) is 9.59 Å². The summed E-state index contributed by atoms with van der Waals surface area (Å²) in [6, 6.07) is 3.56. The van der Waals surface area contributed by atoms with Crippen molar-refractivity contribution < 1.29 is 14.7 Å². The van der Waals surface area contributed by atoms with Crippen molar-refractivity contribution in [3.8, 4) is 0 Å². The molecule has 0 aliphatic rings. The van der Waals surface area contributed by atoms with Crippen LogP contribution in [0, 0.1) is 6.92 Å². The molecule has 6 nitrogen and oxygen atoms in total. The number of carbonyl (C=O) groups excluding carboxylic acids is 1. The van der Waals surface area contributed by atoms with Crippen LogP contribution in [0.1, 0.15) is 15.2 Å². The van der Waals surface area contributed by atoms with Gasteiger partial charge in [0.1, 0.15) is 0 Å². The van der Waals surface area contributed by atoms with E-state index in [4.69, 9.17) is 16.7 Å². The third-order valence-electron chi connectivity index (χ3n) is 2.30. The van der Waals surface area contributed by atoms with Crippen LogP contribution in [0.4, 0.5) is 15.6 Å². The molecule has 20 heavy (non-hydrogen) atoms. The lowest BCUT2D eigenvalue weighted by Gasteiger charge is -2.08. The molecule has 0 atom stereocenters. The van der Waals surface area contributed by atoms with E-state index in [1.807, 2.05) is 6.92 Å². The predicted octanol–water partition coefficient (Wildman–Crippen LogP) is 3.45. The van der Waals surface area contributed by atoms with Crippen molar-refractivity contribution in [3.05, 3.63) is 39.9 Å². The molecule has 3 N–H and O–H groups in total. The molecule has 104 valence electrons. The monoisotopic (exact) mass is 311 g/mol. The Bertz CT molecular complexity index is 672. The second kappa shape index (κ2) is 5.89. The number of aromatic nitrogens is 1. The zero-order chi connectivity index (χ0) is 14.7. The SMILES string of the molecule is Cc1cnc(NC(=O)Nc2cc(Cl)ccc2C(=O)O)s1. The van der Waals surface area contributed by atoms with Crippen molar-refractivity contribution in [1.82, 2.24) is 4.98 Å². The maximum absolute atomic E-state index is 11.8. The van der Waals surface area contributed by atoms with E-state index in [2.05, 4.69) is 15.6 Å². The Balaban J connectivity index is 2.15. The minimum absolute atomic E-state index is 0.0418. The van der Waals surface area contributed by atoms with Gasteiger partial charge in [0.2, 0.25) is 0 Å². The van der Waals surface area contributed by atoms with Gasteiger partial charge in [0, 0.05) is 16.1 Å². The van der Waals surface area contributed by atoms with Gasteiger partial charge >= 0.3 is 12.0 Å². The molecule has 0 aliphatic carbocycles. The number of carboxylic acid groups (broad SMARTS) is 1. The van der Waals surface area contributed by atoms with E-state index >= 15 is 0 Å². The summed E-state index contributed by atoms with van der Waals surface area (Å²) >= 11 is 7.11. The number of aromatic carboxylic acids is 1. The van der Waals surface area contributed by atoms with Gasteiger partial charge in [-0.25, -0.2) is 14.6 Å². The van der Waals surface area contributed by atoms with Crippen LogP contribution in [-0.2, 0) is 0 Å². The number of halogens is 1. The third-order valence-corrected chi connectivity index (χ3v) is 3.37. The number of nitrogens with zero attached hydrogens (tertiary/aromatic N) is 1. The molecule has 0 bridgehead atoms. The number of anilines is 2. The molecule has 8 heteroatoms. The number of hydrogen-bond acceptors (Lipinski definition) is 4. The first-order valence-electron chi connectivity index (χ1n) is 5.49. The summed E-state index contributed by atoms with van der Waals surface area (Å²) in [5.74, 6) is -1.15. The summed E-state index contributed by atoms with van der Waals surface area (Å²) in [7, 11) is 0. The van der Waals surface area contributed by atoms with Crippen molar-refractivity contribution in [2.24, 2.45) is 0 Å². The number of benzene rings is 1. The van der Waals surface area contributed by atoms with E-state index in [0.717, 1.165) is 4.88 Å². The van der Waals surface area contributed by atoms with Gasteiger partial charge in [0.25, 0.3) is 0 Å². The van der Waals surface area contributed by atoms with Gasteiger partial charge in [-0.15, -0.1) is 11.3 Å². The first-order valence-corrected chi connectivity index (χ1v) is 6.68. The molecular formula is C12H10ClN3O3S. The Labute approximate surface area is 123 Å². The lowest BCUT2D eigenvalue weighted by molar-refractivity contribution is 0.0698. The minimum Gasteiger partial charge on any atom is -0.478 e. The number of carboxylic acids is 1. The van der Waals surface area contributed by atoms with Crippen LogP contribution in [-0.4, -0.2) is 22.1 Å². The van der Waals surface area contributed by atoms with E-state index in [1.165, 1.54) is 29.5 Å². The smallest absolute Gasteiger partial charge is 0.337 e. The van der Waals surface area contributed by atoms with E-state index in [1.54, 1.807) is 6.20 Å². The number of hydrogen-bond donors (Lipinski definition) is 3. The number of urea groups is 1. The summed E-state index contributed by atoms with van der Waals surface area (Å²) in [6.07, 6.45) is 1.63. The Kier molecular flexibility index (Phi) is 4.21. The van der Waals surface area contributed by atoms with Crippen molar-refractivity contribution in [1.29, 1.82) is 0 Å². The normalized spacial score (nSPS) is 10.1. The molecule has 0 fully saturated rings. The third kappa shape index (κ3) is 3.46. The van der Waals surface area contributed by atoms with Crippen LogP contribution in [0.3, 0.4) is 0 Å². The van der Waals surface area contributed by atoms with E-state index in [-0.39, 0.29) is 11.3 Å². The van der Waals surface area contributed by atoms with Crippen LogP contribution in [0.15, 0.2) is 24.4 Å². The highest BCUT2D eigenvalue weighted by Crippen LogP contribution is 2.22. The molecule has 1 heterocycles. The molecule has 2 aromatic rings. The topological polar surface area (TPSA) is 91.3 Å². The highest BCUT2D eigenvalue weighted by Gasteiger charge is 2.13. The summed E-state index contributed by atoms with van der Waals surface area (Å²) < 4.78 is 0. The van der Waals surface area contributed by atoms with Gasteiger partial charge in [-0.2, -0.15) is 0 Å². The predicted molar refractivity (Wildman–Crippen MR) is 77.9 cm³/mol.